The summed E-state index contributed by atoms with van der Waals surface area (Å²) in [4.78, 5) is 16.9. The van der Waals surface area contributed by atoms with E-state index in [0.29, 0.717) is 0 Å². The zero-order valence-corrected chi connectivity index (χ0v) is 12.8. The third-order valence-electron chi connectivity index (χ3n) is 4.07. The van der Waals surface area contributed by atoms with Crippen molar-refractivity contribution in [1.29, 1.82) is 0 Å². The van der Waals surface area contributed by atoms with Gasteiger partial charge in [-0.3, -0.25) is 4.79 Å². The molecule has 4 nitrogen and oxygen atoms in total. The number of hydrogen-bond acceptors (Lipinski definition) is 2. The van der Waals surface area contributed by atoms with E-state index < -0.39 is 0 Å². The van der Waals surface area contributed by atoms with Crippen LogP contribution in [0.2, 0.25) is 0 Å². The molecule has 1 aliphatic rings. The fourth-order valence-electron chi connectivity index (χ4n) is 3.04. The minimum atomic E-state index is 0.0257. The molecule has 3 rings (SSSR count). The number of hydrogen-bond donors (Lipinski definition) is 1. The first-order valence-electron chi connectivity index (χ1n) is 7.43. The third-order valence-corrected chi connectivity index (χ3v) is 4.07. The van der Waals surface area contributed by atoms with Crippen LogP contribution in [0.25, 0.3) is 0 Å². The Labute approximate surface area is 125 Å². The van der Waals surface area contributed by atoms with Gasteiger partial charge in [0.25, 0.3) is 5.91 Å². The van der Waals surface area contributed by atoms with Gasteiger partial charge in [-0.2, -0.15) is 0 Å². The number of amides is 1. The normalized spacial score (nSPS) is 17.4. The van der Waals surface area contributed by atoms with Crippen molar-refractivity contribution in [3.8, 4) is 0 Å². The molecule has 0 aliphatic carbocycles. The molecule has 0 saturated carbocycles. The Hall–Kier alpha value is -2.10. The maximum Gasteiger partial charge on any atom is 0.251 e. The number of rotatable bonds is 2. The largest absolute Gasteiger partial charge is 0.347 e. The molecule has 110 valence electrons. The van der Waals surface area contributed by atoms with Crippen molar-refractivity contribution in [3.63, 3.8) is 0 Å². The van der Waals surface area contributed by atoms with Crippen LogP contribution in [0.3, 0.4) is 0 Å². The van der Waals surface area contributed by atoms with E-state index in [1.165, 1.54) is 5.56 Å². The number of nitrogens with one attached hydrogen (secondary N) is 1. The average Bonchev–Trinajstić information content (AvgIpc) is 2.77. The van der Waals surface area contributed by atoms with Gasteiger partial charge in [0.15, 0.2) is 0 Å². The number of aromatic nitrogens is 2. The fraction of sp³-hybridized carbons (Fsp3) is 0.412. The second-order valence-corrected chi connectivity index (χ2v) is 5.98. The van der Waals surface area contributed by atoms with E-state index in [9.17, 15) is 4.79 Å². The van der Waals surface area contributed by atoms with Gasteiger partial charge >= 0.3 is 0 Å². The molecule has 1 amide bonds. The quantitative estimate of drug-likeness (QED) is 0.920. The molecule has 2 aromatic rings. The van der Waals surface area contributed by atoms with Crippen LogP contribution in [-0.2, 0) is 13.0 Å². The first-order valence-corrected chi connectivity index (χ1v) is 7.43. The molecule has 1 atom stereocenters. The van der Waals surface area contributed by atoms with E-state index in [4.69, 9.17) is 0 Å². The fourth-order valence-corrected chi connectivity index (χ4v) is 3.04. The summed E-state index contributed by atoms with van der Waals surface area (Å²) in [5.41, 5.74) is 4.03. The molecular weight excluding hydrogens is 262 g/mol. The standard InChI is InChI=1S/C17H21N3O/c1-11-4-6-15(12(2)8-11)17(21)19-14-5-7-16-18-13(3)9-20(16)10-14/h4,6,8-9,14H,5,7,10H2,1-3H3,(H,19,21). The van der Waals surface area contributed by atoms with E-state index >= 15 is 0 Å². The van der Waals surface area contributed by atoms with Crippen molar-refractivity contribution in [2.45, 2.75) is 46.2 Å². The molecule has 4 heteroatoms. The zero-order valence-electron chi connectivity index (χ0n) is 12.8. The topological polar surface area (TPSA) is 46.9 Å². The van der Waals surface area contributed by atoms with Gasteiger partial charge < -0.3 is 9.88 Å². The summed E-state index contributed by atoms with van der Waals surface area (Å²) >= 11 is 0. The van der Waals surface area contributed by atoms with Crippen LogP contribution in [0.1, 0.15) is 39.4 Å². The monoisotopic (exact) mass is 283 g/mol. The molecule has 1 aliphatic heterocycles. The van der Waals surface area contributed by atoms with E-state index in [2.05, 4.69) is 21.1 Å². The Morgan fingerprint density at radius 3 is 2.90 bits per heavy atom. The van der Waals surface area contributed by atoms with Gasteiger partial charge in [0.05, 0.1) is 5.69 Å². The minimum absolute atomic E-state index is 0.0257. The summed E-state index contributed by atoms with van der Waals surface area (Å²) < 4.78 is 2.16. The van der Waals surface area contributed by atoms with Gasteiger partial charge in [-0.05, 0) is 38.8 Å². The zero-order chi connectivity index (χ0) is 15.0. The van der Waals surface area contributed by atoms with Crippen LogP contribution in [0.5, 0.6) is 0 Å². The number of nitrogens with zero attached hydrogens (tertiary/aromatic N) is 2. The Morgan fingerprint density at radius 1 is 1.33 bits per heavy atom. The summed E-state index contributed by atoms with van der Waals surface area (Å²) in [5.74, 6) is 1.15. The lowest BCUT2D eigenvalue weighted by atomic mass is 10.0. The van der Waals surface area contributed by atoms with E-state index in [0.717, 1.165) is 42.0 Å². The number of aryl methyl sites for hydroxylation is 4. The van der Waals surface area contributed by atoms with E-state index in [1.807, 2.05) is 39.0 Å². The molecule has 0 radical (unpaired) electrons. The Morgan fingerprint density at radius 2 is 2.14 bits per heavy atom. The highest BCUT2D eigenvalue weighted by atomic mass is 16.1. The molecule has 0 fully saturated rings. The molecule has 0 spiro atoms. The Kier molecular flexibility index (Phi) is 3.53. The molecule has 21 heavy (non-hydrogen) atoms. The first-order chi connectivity index (χ1) is 10.0. The predicted octanol–water partition coefficient (Wildman–Crippen LogP) is 2.55. The van der Waals surface area contributed by atoms with Crippen LogP contribution in [0.4, 0.5) is 0 Å². The number of fused-ring (bicyclic) bond motifs is 1. The van der Waals surface area contributed by atoms with Crippen LogP contribution in [0.15, 0.2) is 24.4 Å². The van der Waals surface area contributed by atoms with Crippen molar-refractivity contribution in [1.82, 2.24) is 14.9 Å². The van der Waals surface area contributed by atoms with E-state index in [-0.39, 0.29) is 11.9 Å². The summed E-state index contributed by atoms with van der Waals surface area (Å²) in [6.45, 7) is 6.85. The second kappa shape index (κ2) is 5.35. The van der Waals surface area contributed by atoms with Gasteiger partial charge in [-0.25, -0.2) is 4.98 Å². The summed E-state index contributed by atoms with van der Waals surface area (Å²) in [7, 11) is 0. The number of carbonyl (C=O) groups excluding carboxylic acids is 1. The molecule has 2 heterocycles. The number of benzene rings is 1. The highest BCUT2D eigenvalue weighted by molar-refractivity contribution is 5.95. The van der Waals surface area contributed by atoms with Crippen LogP contribution >= 0.6 is 0 Å². The van der Waals surface area contributed by atoms with Crippen molar-refractivity contribution >= 4 is 5.91 Å². The molecule has 1 aromatic carbocycles. The van der Waals surface area contributed by atoms with Gasteiger partial charge in [0, 0.05) is 30.8 Å². The van der Waals surface area contributed by atoms with Gasteiger partial charge in [0.1, 0.15) is 5.82 Å². The van der Waals surface area contributed by atoms with Gasteiger partial charge in [-0.1, -0.05) is 17.7 Å². The van der Waals surface area contributed by atoms with E-state index in [1.54, 1.807) is 0 Å². The molecule has 0 saturated heterocycles. The number of carbonyl (C=O) groups is 1. The highest BCUT2D eigenvalue weighted by Gasteiger charge is 2.22. The molecule has 1 unspecified atom stereocenters. The molecule has 1 aromatic heterocycles. The number of imidazole rings is 1. The predicted molar refractivity (Wildman–Crippen MR) is 82.5 cm³/mol. The average molecular weight is 283 g/mol. The molecule has 1 N–H and O–H groups in total. The SMILES string of the molecule is Cc1ccc(C(=O)NC2CCc3nc(C)cn3C2)c(C)c1. The Balaban J connectivity index is 1.71. The van der Waals surface area contributed by atoms with Crippen molar-refractivity contribution in [3.05, 3.63) is 52.6 Å². The maximum atomic E-state index is 12.4. The molecule has 0 bridgehead atoms. The summed E-state index contributed by atoms with van der Waals surface area (Å²) in [5, 5.41) is 3.16. The third kappa shape index (κ3) is 2.84. The second-order valence-electron chi connectivity index (χ2n) is 5.98. The highest BCUT2D eigenvalue weighted by Crippen LogP contribution is 2.16. The lowest BCUT2D eigenvalue weighted by molar-refractivity contribution is 0.0927. The van der Waals surface area contributed by atoms with Crippen molar-refractivity contribution in [2.75, 3.05) is 0 Å². The summed E-state index contributed by atoms with van der Waals surface area (Å²) in [6.07, 6.45) is 3.93. The summed E-state index contributed by atoms with van der Waals surface area (Å²) in [6, 6.07) is 6.13. The maximum absolute atomic E-state index is 12.4. The lowest BCUT2D eigenvalue weighted by Gasteiger charge is -2.25. The van der Waals surface area contributed by atoms with Gasteiger partial charge in [0.2, 0.25) is 0 Å². The minimum Gasteiger partial charge on any atom is -0.347 e. The van der Waals surface area contributed by atoms with Crippen LogP contribution < -0.4 is 5.32 Å². The van der Waals surface area contributed by atoms with Gasteiger partial charge in [-0.15, -0.1) is 0 Å². The van der Waals surface area contributed by atoms with Crippen LogP contribution in [-0.4, -0.2) is 21.5 Å². The Bertz CT molecular complexity index is 687. The first kappa shape index (κ1) is 13.9. The lowest BCUT2D eigenvalue weighted by Crippen LogP contribution is -2.41. The molecular formula is C17H21N3O. The van der Waals surface area contributed by atoms with Crippen molar-refractivity contribution in [2.24, 2.45) is 0 Å². The van der Waals surface area contributed by atoms with Crippen LogP contribution in [0, 0.1) is 20.8 Å². The smallest absolute Gasteiger partial charge is 0.251 e. The van der Waals surface area contributed by atoms with Crippen molar-refractivity contribution < 1.29 is 4.79 Å².